The Morgan fingerprint density at radius 3 is 2.47 bits per heavy atom. The van der Waals surface area contributed by atoms with Crippen LogP contribution in [0.25, 0.3) is 0 Å². The Bertz CT molecular complexity index is 433. The van der Waals surface area contributed by atoms with E-state index < -0.39 is 0 Å². The van der Waals surface area contributed by atoms with Crippen molar-refractivity contribution in [1.29, 1.82) is 0 Å². The lowest BCUT2D eigenvalue weighted by atomic mass is 10.5. The third-order valence-electron chi connectivity index (χ3n) is 2.61. The van der Waals surface area contributed by atoms with Gasteiger partial charge in [-0.05, 0) is 26.0 Å². The van der Waals surface area contributed by atoms with Crippen LogP contribution in [0, 0.1) is 13.8 Å². The molecule has 2 heterocycles. The standard InChI is InChI=1S/C11H16N4/c1-9-4-5-10(2)15(9)13-7-11-6-12-8-14(11)3/h4-6,8,13H,7H2,1-3H3. The largest absolute Gasteiger partial charge is 0.336 e. The summed E-state index contributed by atoms with van der Waals surface area (Å²) in [6, 6.07) is 4.21. The smallest absolute Gasteiger partial charge is 0.0946 e. The molecule has 0 bridgehead atoms. The Kier molecular flexibility index (Phi) is 2.49. The fraction of sp³-hybridized carbons (Fsp3) is 0.364. The van der Waals surface area contributed by atoms with Crippen LogP contribution in [0.15, 0.2) is 24.7 Å². The van der Waals surface area contributed by atoms with Crippen molar-refractivity contribution in [2.75, 3.05) is 5.43 Å². The van der Waals surface area contributed by atoms with Crippen molar-refractivity contribution < 1.29 is 0 Å². The molecule has 0 atom stereocenters. The second kappa shape index (κ2) is 3.81. The highest BCUT2D eigenvalue weighted by atomic mass is 15.4. The second-order valence-corrected chi connectivity index (χ2v) is 3.78. The molecule has 0 aliphatic rings. The van der Waals surface area contributed by atoms with Crippen LogP contribution in [0.3, 0.4) is 0 Å². The van der Waals surface area contributed by atoms with Crippen molar-refractivity contribution in [3.8, 4) is 0 Å². The first-order valence-electron chi connectivity index (χ1n) is 5.02. The van der Waals surface area contributed by atoms with Crippen LogP contribution in [0.2, 0.25) is 0 Å². The molecule has 4 nitrogen and oxygen atoms in total. The molecular weight excluding hydrogens is 188 g/mol. The molecule has 0 radical (unpaired) electrons. The number of nitrogens with one attached hydrogen (secondary N) is 1. The summed E-state index contributed by atoms with van der Waals surface area (Å²) >= 11 is 0. The topological polar surface area (TPSA) is 34.8 Å². The molecule has 1 N–H and O–H groups in total. The predicted octanol–water partition coefficient (Wildman–Crippen LogP) is 1.58. The van der Waals surface area contributed by atoms with Crippen LogP contribution in [-0.4, -0.2) is 14.2 Å². The fourth-order valence-electron chi connectivity index (χ4n) is 1.63. The summed E-state index contributed by atoms with van der Waals surface area (Å²) in [7, 11) is 2.00. The van der Waals surface area contributed by atoms with Gasteiger partial charge in [0.2, 0.25) is 0 Å². The molecule has 2 aromatic heterocycles. The van der Waals surface area contributed by atoms with Gasteiger partial charge in [0, 0.05) is 24.6 Å². The van der Waals surface area contributed by atoms with Crippen LogP contribution in [-0.2, 0) is 13.6 Å². The lowest BCUT2D eigenvalue weighted by Crippen LogP contribution is -2.18. The zero-order valence-electron chi connectivity index (χ0n) is 9.36. The fourth-order valence-corrected chi connectivity index (χ4v) is 1.63. The van der Waals surface area contributed by atoms with E-state index in [4.69, 9.17) is 0 Å². The van der Waals surface area contributed by atoms with E-state index in [1.54, 1.807) is 0 Å². The van der Waals surface area contributed by atoms with E-state index in [0.29, 0.717) is 0 Å². The molecule has 0 unspecified atom stereocenters. The first-order valence-corrected chi connectivity index (χ1v) is 5.02. The van der Waals surface area contributed by atoms with Gasteiger partial charge >= 0.3 is 0 Å². The molecule has 0 saturated carbocycles. The zero-order valence-corrected chi connectivity index (χ0v) is 9.36. The summed E-state index contributed by atoms with van der Waals surface area (Å²) in [6.45, 7) is 4.96. The van der Waals surface area contributed by atoms with E-state index in [-0.39, 0.29) is 0 Å². The monoisotopic (exact) mass is 204 g/mol. The van der Waals surface area contributed by atoms with Crippen LogP contribution in [0.4, 0.5) is 0 Å². The van der Waals surface area contributed by atoms with Gasteiger partial charge in [-0.3, -0.25) is 4.68 Å². The lowest BCUT2D eigenvalue weighted by Gasteiger charge is -2.12. The lowest BCUT2D eigenvalue weighted by molar-refractivity contribution is 0.747. The minimum atomic E-state index is 0.785. The molecule has 0 aromatic carbocycles. The normalized spacial score (nSPS) is 10.6. The van der Waals surface area contributed by atoms with Crippen molar-refractivity contribution in [2.45, 2.75) is 20.4 Å². The molecule has 0 fully saturated rings. The number of rotatable bonds is 3. The zero-order chi connectivity index (χ0) is 10.8. The van der Waals surface area contributed by atoms with Gasteiger partial charge in [-0.1, -0.05) is 0 Å². The van der Waals surface area contributed by atoms with Gasteiger partial charge in [0.1, 0.15) is 0 Å². The van der Waals surface area contributed by atoms with Gasteiger partial charge in [0.25, 0.3) is 0 Å². The van der Waals surface area contributed by atoms with Crippen molar-refractivity contribution in [2.24, 2.45) is 7.05 Å². The summed E-state index contributed by atoms with van der Waals surface area (Å²) in [5, 5.41) is 0. The van der Waals surface area contributed by atoms with Crippen molar-refractivity contribution >= 4 is 0 Å². The first-order chi connectivity index (χ1) is 7.18. The van der Waals surface area contributed by atoms with Gasteiger partial charge in [-0.25, -0.2) is 4.98 Å². The van der Waals surface area contributed by atoms with E-state index in [2.05, 4.69) is 41.1 Å². The van der Waals surface area contributed by atoms with Crippen LogP contribution in [0.5, 0.6) is 0 Å². The highest BCUT2D eigenvalue weighted by molar-refractivity contribution is 5.16. The molecule has 0 spiro atoms. The first kappa shape index (κ1) is 9.83. The van der Waals surface area contributed by atoms with Crippen molar-refractivity contribution in [3.63, 3.8) is 0 Å². The van der Waals surface area contributed by atoms with Crippen molar-refractivity contribution in [1.82, 2.24) is 14.2 Å². The van der Waals surface area contributed by atoms with Crippen LogP contribution in [0.1, 0.15) is 17.1 Å². The summed E-state index contributed by atoms with van der Waals surface area (Å²) in [5.41, 5.74) is 6.96. The van der Waals surface area contributed by atoms with E-state index >= 15 is 0 Å². The molecule has 0 saturated heterocycles. The molecule has 0 aliphatic carbocycles. The SMILES string of the molecule is Cc1ccc(C)n1NCc1cncn1C. The van der Waals surface area contributed by atoms with Crippen LogP contribution >= 0.6 is 0 Å². The Morgan fingerprint density at radius 1 is 1.27 bits per heavy atom. The Morgan fingerprint density at radius 2 is 1.93 bits per heavy atom. The van der Waals surface area contributed by atoms with Crippen LogP contribution < -0.4 is 5.43 Å². The molecule has 2 rings (SSSR count). The minimum absolute atomic E-state index is 0.785. The molecule has 0 amide bonds. The molecular formula is C11H16N4. The third-order valence-corrected chi connectivity index (χ3v) is 2.61. The van der Waals surface area contributed by atoms with Gasteiger partial charge in [-0.2, -0.15) is 0 Å². The Balaban J connectivity index is 2.08. The van der Waals surface area contributed by atoms with Gasteiger partial charge in [-0.15, -0.1) is 0 Å². The van der Waals surface area contributed by atoms with Gasteiger partial charge < -0.3 is 9.99 Å². The quantitative estimate of drug-likeness (QED) is 0.823. The number of aryl methyl sites for hydroxylation is 3. The second-order valence-electron chi connectivity index (χ2n) is 3.78. The van der Waals surface area contributed by atoms with Gasteiger partial charge in [0.05, 0.1) is 18.6 Å². The average molecular weight is 204 g/mol. The highest BCUT2D eigenvalue weighted by Crippen LogP contribution is 2.05. The summed E-state index contributed by atoms with van der Waals surface area (Å²) in [6.07, 6.45) is 3.69. The number of aromatic nitrogens is 3. The maximum Gasteiger partial charge on any atom is 0.0946 e. The van der Waals surface area contributed by atoms with E-state index in [1.807, 2.05) is 24.1 Å². The molecule has 4 heteroatoms. The molecule has 80 valence electrons. The minimum Gasteiger partial charge on any atom is -0.336 e. The van der Waals surface area contributed by atoms with E-state index in [0.717, 1.165) is 6.54 Å². The summed E-state index contributed by atoms with van der Waals surface area (Å²) in [5.74, 6) is 0. The molecule has 15 heavy (non-hydrogen) atoms. The van der Waals surface area contributed by atoms with Gasteiger partial charge in [0.15, 0.2) is 0 Å². The van der Waals surface area contributed by atoms with E-state index in [1.165, 1.54) is 17.1 Å². The maximum absolute atomic E-state index is 4.08. The number of hydrogen-bond acceptors (Lipinski definition) is 2. The summed E-state index contributed by atoms with van der Waals surface area (Å²) < 4.78 is 4.11. The third kappa shape index (κ3) is 1.88. The molecule has 0 aliphatic heterocycles. The Labute approximate surface area is 89.5 Å². The number of hydrogen-bond donors (Lipinski definition) is 1. The summed E-state index contributed by atoms with van der Waals surface area (Å²) in [4.78, 5) is 4.08. The average Bonchev–Trinajstić information content (AvgIpc) is 2.73. The number of nitrogens with zero attached hydrogens (tertiary/aromatic N) is 3. The van der Waals surface area contributed by atoms with Crippen molar-refractivity contribution in [3.05, 3.63) is 41.7 Å². The number of imidazole rings is 1. The molecule has 2 aromatic rings. The van der Waals surface area contributed by atoms with E-state index in [9.17, 15) is 0 Å². The maximum atomic E-state index is 4.08. The Hall–Kier alpha value is -1.71. The predicted molar refractivity (Wildman–Crippen MR) is 60.2 cm³/mol. The highest BCUT2D eigenvalue weighted by Gasteiger charge is 2.01.